The van der Waals surface area contributed by atoms with Gasteiger partial charge in [-0.1, -0.05) is 6.42 Å². The number of aromatic nitrogens is 2. The molecule has 3 atom stereocenters. The van der Waals surface area contributed by atoms with Gasteiger partial charge in [0, 0.05) is 19.0 Å². The van der Waals surface area contributed by atoms with Gasteiger partial charge in [-0.05, 0) is 43.2 Å². The van der Waals surface area contributed by atoms with Gasteiger partial charge in [-0.25, -0.2) is 0 Å². The summed E-state index contributed by atoms with van der Waals surface area (Å²) in [6, 6.07) is 0. The summed E-state index contributed by atoms with van der Waals surface area (Å²) in [4.78, 5) is 18.1. The summed E-state index contributed by atoms with van der Waals surface area (Å²) in [5.74, 6) is 2.23. The Morgan fingerprint density at radius 3 is 2.91 bits per heavy atom. The number of morpholine rings is 1. The first-order valence-electron chi connectivity index (χ1n) is 8.43. The molecule has 0 N–H and O–H groups in total. The SMILES string of the molecule is O=CC1CCC2(c3nc(N4CCOCC4)no3)CCCC1C2. The number of nitrogens with zero attached hydrogens (tertiary/aromatic N) is 3. The molecule has 1 saturated heterocycles. The lowest BCUT2D eigenvalue weighted by atomic mass is 9.58. The molecule has 2 heterocycles. The second kappa shape index (κ2) is 5.65. The van der Waals surface area contributed by atoms with Crippen LogP contribution in [0, 0.1) is 11.8 Å². The van der Waals surface area contributed by atoms with Crippen molar-refractivity contribution in [2.75, 3.05) is 31.2 Å². The third-order valence-corrected chi connectivity index (χ3v) is 5.78. The first kappa shape index (κ1) is 14.2. The van der Waals surface area contributed by atoms with E-state index in [2.05, 4.69) is 10.1 Å². The largest absolute Gasteiger partial charge is 0.378 e. The van der Waals surface area contributed by atoms with E-state index in [1.54, 1.807) is 0 Å². The smallest absolute Gasteiger partial charge is 0.266 e. The van der Waals surface area contributed by atoms with Crippen LogP contribution in [0.5, 0.6) is 0 Å². The van der Waals surface area contributed by atoms with Crippen LogP contribution in [0.2, 0.25) is 0 Å². The van der Waals surface area contributed by atoms with Crippen LogP contribution in [0.1, 0.15) is 44.4 Å². The lowest BCUT2D eigenvalue weighted by Gasteiger charge is -2.45. The second-order valence-corrected chi connectivity index (χ2v) is 6.97. The summed E-state index contributed by atoms with van der Waals surface area (Å²) in [5, 5.41) is 4.21. The van der Waals surface area contributed by atoms with Crippen molar-refractivity contribution in [2.24, 2.45) is 11.8 Å². The fourth-order valence-corrected chi connectivity index (χ4v) is 4.48. The molecule has 3 fully saturated rings. The van der Waals surface area contributed by atoms with Crippen LogP contribution in [0.15, 0.2) is 4.52 Å². The van der Waals surface area contributed by atoms with Crippen molar-refractivity contribution in [1.82, 2.24) is 10.1 Å². The van der Waals surface area contributed by atoms with Crippen molar-refractivity contribution in [2.45, 2.75) is 43.9 Å². The molecule has 1 aromatic heterocycles. The van der Waals surface area contributed by atoms with Gasteiger partial charge in [0.15, 0.2) is 0 Å². The van der Waals surface area contributed by atoms with E-state index in [0.29, 0.717) is 11.9 Å². The van der Waals surface area contributed by atoms with Crippen LogP contribution in [0.3, 0.4) is 0 Å². The molecular weight excluding hydrogens is 282 g/mol. The van der Waals surface area contributed by atoms with Crippen LogP contribution in [-0.4, -0.2) is 42.7 Å². The molecule has 4 rings (SSSR count). The molecule has 6 nitrogen and oxygen atoms in total. The number of hydrogen-bond donors (Lipinski definition) is 0. The Morgan fingerprint density at radius 1 is 1.23 bits per heavy atom. The molecule has 0 spiro atoms. The average molecular weight is 305 g/mol. The Labute approximate surface area is 130 Å². The van der Waals surface area contributed by atoms with E-state index in [4.69, 9.17) is 14.2 Å². The van der Waals surface area contributed by atoms with Gasteiger partial charge in [-0.15, -0.1) is 0 Å². The standard InChI is InChI=1S/C16H23N3O3/c20-11-13-3-5-16(4-1-2-12(13)10-16)14-17-15(18-22-14)19-6-8-21-9-7-19/h11-13H,1-10H2. The molecule has 6 heteroatoms. The van der Waals surface area contributed by atoms with Gasteiger partial charge >= 0.3 is 0 Å². The Kier molecular flexibility index (Phi) is 3.64. The Bertz CT molecular complexity index is 540. The first-order valence-corrected chi connectivity index (χ1v) is 8.43. The Balaban J connectivity index is 1.56. The van der Waals surface area contributed by atoms with E-state index in [1.807, 2.05) is 0 Å². The minimum Gasteiger partial charge on any atom is -0.378 e. The third kappa shape index (κ3) is 2.33. The molecule has 0 radical (unpaired) electrons. The highest BCUT2D eigenvalue weighted by Gasteiger charge is 2.48. The maximum atomic E-state index is 11.2. The quantitative estimate of drug-likeness (QED) is 0.795. The van der Waals surface area contributed by atoms with Crippen molar-refractivity contribution < 1.29 is 14.1 Å². The first-order chi connectivity index (χ1) is 10.8. The van der Waals surface area contributed by atoms with Crippen molar-refractivity contribution >= 4 is 12.2 Å². The monoisotopic (exact) mass is 305 g/mol. The molecule has 2 saturated carbocycles. The zero-order valence-electron chi connectivity index (χ0n) is 12.9. The molecule has 0 amide bonds. The molecule has 2 aliphatic carbocycles. The van der Waals surface area contributed by atoms with Crippen molar-refractivity contribution in [1.29, 1.82) is 0 Å². The molecule has 1 aromatic rings. The topological polar surface area (TPSA) is 68.5 Å². The number of carbonyl (C=O) groups is 1. The van der Waals surface area contributed by atoms with Crippen LogP contribution in [0.25, 0.3) is 0 Å². The van der Waals surface area contributed by atoms with Gasteiger partial charge in [-0.2, -0.15) is 4.98 Å². The molecule has 22 heavy (non-hydrogen) atoms. The number of rotatable bonds is 3. The zero-order chi connectivity index (χ0) is 15.0. The number of fused-ring (bicyclic) bond motifs is 2. The summed E-state index contributed by atoms with van der Waals surface area (Å²) in [5.41, 5.74) is 0.0139. The molecule has 3 unspecified atom stereocenters. The number of aldehydes is 1. The van der Waals surface area contributed by atoms with E-state index in [-0.39, 0.29) is 11.3 Å². The Hall–Kier alpha value is -1.43. The van der Waals surface area contributed by atoms with E-state index < -0.39 is 0 Å². The maximum Gasteiger partial charge on any atom is 0.266 e. The minimum absolute atomic E-state index is 0.0139. The van der Waals surface area contributed by atoms with Crippen molar-refractivity contribution in [3.8, 4) is 0 Å². The van der Waals surface area contributed by atoms with E-state index >= 15 is 0 Å². The third-order valence-electron chi connectivity index (χ3n) is 5.78. The highest BCUT2D eigenvalue weighted by atomic mass is 16.5. The van der Waals surface area contributed by atoms with Gasteiger partial charge in [-0.3, -0.25) is 0 Å². The molecular formula is C16H23N3O3. The molecule has 3 aliphatic rings. The summed E-state index contributed by atoms with van der Waals surface area (Å²) in [6.07, 6.45) is 7.58. The summed E-state index contributed by atoms with van der Waals surface area (Å²) in [6.45, 7) is 3.08. The normalized spacial score (nSPS) is 35.4. The molecule has 1 aliphatic heterocycles. The van der Waals surface area contributed by atoms with Crippen LogP contribution < -0.4 is 4.90 Å². The number of carbonyl (C=O) groups excluding carboxylic acids is 1. The fraction of sp³-hybridized carbons (Fsp3) is 0.812. The number of hydrogen-bond acceptors (Lipinski definition) is 6. The van der Waals surface area contributed by atoms with Crippen molar-refractivity contribution in [3.05, 3.63) is 5.89 Å². The van der Waals surface area contributed by atoms with Crippen LogP contribution in [-0.2, 0) is 14.9 Å². The van der Waals surface area contributed by atoms with Crippen LogP contribution >= 0.6 is 0 Å². The number of anilines is 1. The summed E-state index contributed by atoms with van der Waals surface area (Å²) < 4.78 is 11.0. The van der Waals surface area contributed by atoms with Gasteiger partial charge in [0.25, 0.3) is 5.95 Å². The maximum absolute atomic E-state index is 11.2. The lowest BCUT2D eigenvalue weighted by Crippen LogP contribution is -2.41. The molecule has 0 aromatic carbocycles. The minimum atomic E-state index is 0.0139. The fourth-order valence-electron chi connectivity index (χ4n) is 4.48. The highest BCUT2D eigenvalue weighted by molar-refractivity contribution is 5.54. The highest BCUT2D eigenvalue weighted by Crippen LogP contribution is 2.51. The predicted molar refractivity (Wildman–Crippen MR) is 79.8 cm³/mol. The van der Waals surface area contributed by atoms with Crippen molar-refractivity contribution in [3.63, 3.8) is 0 Å². The van der Waals surface area contributed by atoms with Crippen LogP contribution in [0.4, 0.5) is 5.95 Å². The Morgan fingerprint density at radius 2 is 2.09 bits per heavy atom. The molecule has 2 bridgehead atoms. The zero-order valence-corrected chi connectivity index (χ0v) is 12.9. The number of ether oxygens (including phenoxy) is 1. The molecule has 120 valence electrons. The van der Waals surface area contributed by atoms with Gasteiger partial charge in [0.1, 0.15) is 6.29 Å². The van der Waals surface area contributed by atoms with E-state index in [0.717, 1.165) is 77.0 Å². The van der Waals surface area contributed by atoms with E-state index in [1.165, 1.54) is 0 Å². The average Bonchev–Trinajstić information content (AvgIpc) is 3.07. The second-order valence-electron chi connectivity index (χ2n) is 6.97. The lowest BCUT2D eigenvalue weighted by molar-refractivity contribution is -0.115. The predicted octanol–water partition coefficient (Wildman–Crippen LogP) is 1.94. The van der Waals surface area contributed by atoms with Gasteiger partial charge < -0.3 is 19.0 Å². The van der Waals surface area contributed by atoms with Gasteiger partial charge in [0.05, 0.1) is 18.6 Å². The summed E-state index contributed by atoms with van der Waals surface area (Å²) >= 11 is 0. The summed E-state index contributed by atoms with van der Waals surface area (Å²) in [7, 11) is 0. The van der Waals surface area contributed by atoms with E-state index in [9.17, 15) is 4.79 Å². The van der Waals surface area contributed by atoms with Gasteiger partial charge in [0.2, 0.25) is 5.89 Å².